The van der Waals surface area contributed by atoms with Crippen LogP contribution in [-0.2, 0) is 0 Å². The Morgan fingerprint density at radius 3 is 2.15 bits per heavy atom. The zero-order valence-corrected chi connectivity index (χ0v) is 22.7. The van der Waals surface area contributed by atoms with Gasteiger partial charge in [-0.1, -0.05) is 78.9 Å². The average Bonchev–Trinajstić information content (AvgIpc) is 3.67. The first kappa shape index (κ1) is 22.5. The lowest BCUT2D eigenvalue weighted by atomic mass is 9.98. The van der Waals surface area contributed by atoms with E-state index < -0.39 is 0 Å². The van der Waals surface area contributed by atoms with Crippen molar-refractivity contribution in [3.05, 3.63) is 126 Å². The summed E-state index contributed by atoms with van der Waals surface area (Å²) in [4.78, 5) is 0. The molecule has 9 aromatic rings. The molecule has 6 aromatic carbocycles. The second kappa shape index (κ2) is 8.12. The molecule has 3 aromatic heterocycles. The van der Waals surface area contributed by atoms with Crippen LogP contribution in [0.3, 0.4) is 0 Å². The van der Waals surface area contributed by atoms with E-state index in [1.807, 2.05) is 12.1 Å². The van der Waals surface area contributed by atoms with Crippen molar-refractivity contribution >= 4 is 65.7 Å². The molecule has 0 fully saturated rings. The second-order valence-corrected chi connectivity index (χ2v) is 11.0. The number of rotatable bonds is 2. The standard InChI is InChI=1S/C38H25NO2/c1-22-9-7-13-25(24-17-20-34-30(21-24)26-11-4-6-16-33(26)40-34)36(22)39-31-15-5-3-12-29(31)35-32(39)19-18-28-27-14-8-10-23(2)37(27)41-38(28)35/h3-21H,1-2H3. The van der Waals surface area contributed by atoms with Gasteiger partial charge >= 0.3 is 0 Å². The van der Waals surface area contributed by atoms with Gasteiger partial charge in [0.2, 0.25) is 0 Å². The molecule has 0 aliphatic carbocycles. The van der Waals surface area contributed by atoms with E-state index in [0.29, 0.717) is 0 Å². The summed E-state index contributed by atoms with van der Waals surface area (Å²) in [6, 6.07) is 40.9. The van der Waals surface area contributed by atoms with Crippen LogP contribution in [-0.4, -0.2) is 4.57 Å². The van der Waals surface area contributed by atoms with Crippen molar-refractivity contribution in [1.29, 1.82) is 0 Å². The van der Waals surface area contributed by atoms with Crippen molar-refractivity contribution in [3.8, 4) is 16.8 Å². The third kappa shape index (κ3) is 3.03. The molecule has 0 N–H and O–H groups in total. The monoisotopic (exact) mass is 527 g/mol. The molecule has 41 heavy (non-hydrogen) atoms. The highest BCUT2D eigenvalue weighted by Crippen LogP contribution is 2.43. The minimum atomic E-state index is 0.906. The Morgan fingerprint density at radius 1 is 0.488 bits per heavy atom. The summed E-state index contributed by atoms with van der Waals surface area (Å²) >= 11 is 0. The molecule has 0 aliphatic heterocycles. The molecule has 0 radical (unpaired) electrons. The Labute approximate surface area is 235 Å². The molecule has 0 aliphatic rings. The average molecular weight is 528 g/mol. The van der Waals surface area contributed by atoms with E-state index in [9.17, 15) is 0 Å². The molecule has 0 atom stereocenters. The van der Waals surface area contributed by atoms with Crippen molar-refractivity contribution < 1.29 is 8.83 Å². The Bertz CT molecular complexity index is 2500. The fourth-order valence-corrected chi connectivity index (χ4v) is 6.77. The van der Waals surface area contributed by atoms with Gasteiger partial charge in [0.25, 0.3) is 0 Å². The third-order valence-electron chi connectivity index (χ3n) is 8.65. The van der Waals surface area contributed by atoms with Gasteiger partial charge in [0, 0.05) is 32.5 Å². The lowest BCUT2D eigenvalue weighted by molar-refractivity contribution is 0.669. The third-order valence-corrected chi connectivity index (χ3v) is 8.65. The Hall–Kier alpha value is -5.28. The zero-order chi connectivity index (χ0) is 27.2. The predicted octanol–water partition coefficient (Wildman–Crippen LogP) is 10.9. The van der Waals surface area contributed by atoms with Crippen LogP contribution >= 0.6 is 0 Å². The number of aryl methyl sites for hydroxylation is 2. The first-order chi connectivity index (χ1) is 20.2. The number of fused-ring (bicyclic) bond motifs is 10. The molecule has 0 amide bonds. The van der Waals surface area contributed by atoms with Gasteiger partial charge in [0.15, 0.2) is 0 Å². The molecule has 0 bridgehead atoms. The molecule has 194 valence electrons. The maximum absolute atomic E-state index is 6.66. The maximum Gasteiger partial charge on any atom is 0.145 e. The first-order valence-electron chi connectivity index (χ1n) is 14.0. The molecule has 0 unspecified atom stereocenters. The molecule has 3 nitrogen and oxygen atoms in total. The fraction of sp³-hybridized carbons (Fsp3) is 0.0526. The van der Waals surface area contributed by atoms with Crippen LogP contribution in [0.2, 0.25) is 0 Å². The molecule has 3 heteroatoms. The van der Waals surface area contributed by atoms with E-state index >= 15 is 0 Å². The summed E-state index contributed by atoms with van der Waals surface area (Å²) in [7, 11) is 0. The van der Waals surface area contributed by atoms with Gasteiger partial charge in [-0.3, -0.25) is 0 Å². The Balaban J connectivity index is 1.39. The largest absolute Gasteiger partial charge is 0.456 e. The molecule has 3 heterocycles. The second-order valence-electron chi connectivity index (χ2n) is 11.0. The van der Waals surface area contributed by atoms with Crippen LogP contribution in [0.4, 0.5) is 0 Å². The van der Waals surface area contributed by atoms with Crippen LogP contribution in [0.5, 0.6) is 0 Å². The number of aromatic nitrogens is 1. The van der Waals surface area contributed by atoms with Crippen LogP contribution in [0.25, 0.3) is 82.5 Å². The van der Waals surface area contributed by atoms with E-state index in [4.69, 9.17) is 8.83 Å². The highest BCUT2D eigenvalue weighted by atomic mass is 16.3. The fourth-order valence-electron chi connectivity index (χ4n) is 6.77. The number of furan rings is 2. The molecule has 0 saturated heterocycles. The maximum atomic E-state index is 6.66. The van der Waals surface area contributed by atoms with Crippen LogP contribution < -0.4 is 0 Å². The molecule has 0 saturated carbocycles. The summed E-state index contributed by atoms with van der Waals surface area (Å²) in [5, 5.41) is 6.93. The summed E-state index contributed by atoms with van der Waals surface area (Å²) in [5.74, 6) is 0. The predicted molar refractivity (Wildman–Crippen MR) is 170 cm³/mol. The zero-order valence-electron chi connectivity index (χ0n) is 22.7. The number of para-hydroxylation sites is 4. The van der Waals surface area contributed by atoms with Gasteiger partial charge < -0.3 is 13.4 Å². The number of nitrogens with zero attached hydrogens (tertiary/aromatic N) is 1. The number of hydrogen-bond acceptors (Lipinski definition) is 2. The van der Waals surface area contributed by atoms with Gasteiger partial charge in [-0.25, -0.2) is 0 Å². The lowest BCUT2D eigenvalue weighted by Crippen LogP contribution is -2.00. The highest BCUT2D eigenvalue weighted by molar-refractivity contribution is 6.24. The van der Waals surface area contributed by atoms with Gasteiger partial charge in [-0.2, -0.15) is 0 Å². The van der Waals surface area contributed by atoms with Gasteiger partial charge in [-0.15, -0.1) is 0 Å². The summed E-state index contributed by atoms with van der Waals surface area (Å²) < 4.78 is 15.2. The van der Waals surface area contributed by atoms with E-state index in [2.05, 4.69) is 122 Å². The first-order valence-corrected chi connectivity index (χ1v) is 14.0. The minimum absolute atomic E-state index is 0.906. The van der Waals surface area contributed by atoms with E-state index in [1.165, 1.54) is 22.2 Å². The minimum Gasteiger partial charge on any atom is -0.456 e. The molecule has 0 spiro atoms. The molecular weight excluding hydrogens is 502 g/mol. The van der Waals surface area contributed by atoms with Crippen LogP contribution in [0, 0.1) is 13.8 Å². The topological polar surface area (TPSA) is 31.2 Å². The number of benzene rings is 6. The SMILES string of the molecule is Cc1cccc(-c2ccc3oc4ccccc4c3c2)c1-n1c2ccccc2c2c3oc4c(C)cccc4c3ccc21. The highest BCUT2D eigenvalue weighted by Gasteiger charge is 2.22. The molecule has 9 rings (SSSR count). The quantitative estimate of drug-likeness (QED) is 0.224. The van der Waals surface area contributed by atoms with Crippen LogP contribution in [0.15, 0.2) is 124 Å². The van der Waals surface area contributed by atoms with Crippen molar-refractivity contribution in [3.63, 3.8) is 0 Å². The smallest absolute Gasteiger partial charge is 0.145 e. The van der Waals surface area contributed by atoms with Crippen LogP contribution in [0.1, 0.15) is 11.1 Å². The van der Waals surface area contributed by atoms with E-state index in [-0.39, 0.29) is 0 Å². The lowest BCUT2D eigenvalue weighted by Gasteiger charge is -2.17. The van der Waals surface area contributed by atoms with Crippen molar-refractivity contribution in [2.24, 2.45) is 0 Å². The van der Waals surface area contributed by atoms with Gasteiger partial charge in [0.05, 0.1) is 22.1 Å². The Kier molecular flexibility index (Phi) is 4.46. The summed E-state index contributed by atoms with van der Waals surface area (Å²) in [6.07, 6.45) is 0. The van der Waals surface area contributed by atoms with E-state index in [1.54, 1.807) is 0 Å². The van der Waals surface area contributed by atoms with Gasteiger partial charge in [-0.05, 0) is 66.9 Å². The normalized spacial score (nSPS) is 12.1. The number of hydrogen-bond donors (Lipinski definition) is 0. The summed E-state index contributed by atoms with van der Waals surface area (Å²) in [5.41, 5.74) is 11.9. The van der Waals surface area contributed by atoms with Gasteiger partial charge in [0.1, 0.15) is 22.3 Å². The molecular formula is C38H25NO2. The van der Waals surface area contributed by atoms with E-state index in [0.717, 1.165) is 71.4 Å². The Morgan fingerprint density at radius 2 is 1.22 bits per heavy atom. The summed E-state index contributed by atoms with van der Waals surface area (Å²) in [6.45, 7) is 4.32. The van der Waals surface area contributed by atoms with Crippen molar-refractivity contribution in [1.82, 2.24) is 4.57 Å². The van der Waals surface area contributed by atoms with Crippen molar-refractivity contribution in [2.75, 3.05) is 0 Å². The van der Waals surface area contributed by atoms with Crippen molar-refractivity contribution in [2.45, 2.75) is 13.8 Å².